The summed E-state index contributed by atoms with van der Waals surface area (Å²) in [5, 5.41) is 3.54. The molecule has 2 heterocycles. The molecule has 0 saturated heterocycles. The molecule has 0 unspecified atom stereocenters. The Morgan fingerprint density at radius 1 is 1.05 bits per heavy atom. The van der Waals surface area contributed by atoms with Gasteiger partial charge in [-0.2, -0.15) is 0 Å². The van der Waals surface area contributed by atoms with Crippen LogP contribution >= 0.6 is 0 Å². The molecular weight excluding hydrogens is 246 g/mol. The number of anilines is 1. The lowest BCUT2D eigenvalue weighted by Crippen LogP contribution is -2.28. The average Bonchev–Trinajstić information content (AvgIpc) is 2.95. The molecule has 0 radical (unpaired) electrons. The predicted octanol–water partition coefficient (Wildman–Crippen LogP) is 3.72. The Morgan fingerprint density at radius 3 is 2.65 bits per heavy atom. The number of fused-ring (bicyclic) bond motifs is 1. The predicted molar refractivity (Wildman–Crippen MR) is 83.1 cm³/mol. The molecular formula is C17H19N3. The van der Waals surface area contributed by atoms with Crippen molar-refractivity contribution in [3.63, 3.8) is 0 Å². The van der Waals surface area contributed by atoms with Gasteiger partial charge < -0.3 is 5.32 Å². The van der Waals surface area contributed by atoms with Crippen LogP contribution in [0.1, 0.15) is 19.4 Å². The highest BCUT2D eigenvalue weighted by molar-refractivity contribution is 5.50. The molecule has 0 aliphatic rings. The van der Waals surface area contributed by atoms with E-state index in [1.54, 1.807) is 0 Å². The normalized spacial score (nSPS) is 11.7. The molecule has 3 aromatic rings. The molecule has 3 nitrogen and oxygen atoms in total. The van der Waals surface area contributed by atoms with Crippen LogP contribution in [0.25, 0.3) is 5.65 Å². The van der Waals surface area contributed by atoms with Crippen molar-refractivity contribution in [2.24, 2.45) is 0 Å². The highest BCUT2D eigenvalue weighted by atomic mass is 15.1. The van der Waals surface area contributed by atoms with E-state index in [9.17, 15) is 0 Å². The number of nitrogens with zero attached hydrogens (tertiary/aromatic N) is 2. The van der Waals surface area contributed by atoms with Crippen molar-refractivity contribution in [1.82, 2.24) is 9.38 Å². The Labute approximate surface area is 119 Å². The van der Waals surface area contributed by atoms with Crippen LogP contribution in [0.5, 0.6) is 0 Å². The Morgan fingerprint density at radius 2 is 1.85 bits per heavy atom. The Bertz CT molecular complexity index is 698. The van der Waals surface area contributed by atoms with Crippen LogP contribution in [0.4, 0.5) is 5.82 Å². The van der Waals surface area contributed by atoms with E-state index < -0.39 is 0 Å². The fraction of sp³-hybridized carbons (Fsp3) is 0.235. The van der Waals surface area contributed by atoms with Crippen LogP contribution in [0, 0.1) is 0 Å². The quantitative estimate of drug-likeness (QED) is 0.779. The maximum Gasteiger partial charge on any atom is 0.138 e. The van der Waals surface area contributed by atoms with E-state index in [0.717, 1.165) is 18.0 Å². The van der Waals surface area contributed by atoms with Gasteiger partial charge in [0, 0.05) is 24.4 Å². The molecule has 0 atom stereocenters. The second kappa shape index (κ2) is 5.00. The van der Waals surface area contributed by atoms with Crippen LogP contribution in [-0.4, -0.2) is 15.9 Å². The largest absolute Gasteiger partial charge is 0.370 e. The second-order valence-corrected chi connectivity index (χ2v) is 5.67. The summed E-state index contributed by atoms with van der Waals surface area (Å²) in [5.41, 5.74) is 2.38. The smallest absolute Gasteiger partial charge is 0.138 e. The van der Waals surface area contributed by atoms with Gasteiger partial charge in [-0.1, -0.05) is 50.2 Å². The van der Waals surface area contributed by atoms with Gasteiger partial charge in [-0.25, -0.2) is 4.98 Å². The zero-order valence-corrected chi connectivity index (χ0v) is 11.9. The Kier molecular flexibility index (Phi) is 3.18. The molecule has 0 saturated carbocycles. The van der Waals surface area contributed by atoms with Crippen molar-refractivity contribution in [3.8, 4) is 0 Å². The lowest BCUT2D eigenvalue weighted by atomic mass is 9.84. The summed E-state index contributed by atoms with van der Waals surface area (Å²) in [7, 11) is 0. The molecule has 3 heteroatoms. The van der Waals surface area contributed by atoms with Gasteiger partial charge in [-0.15, -0.1) is 0 Å². The lowest BCUT2D eigenvalue weighted by molar-refractivity contribution is 0.556. The van der Waals surface area contributed by atoms with E-state index >= 15 is 0 Å². The monoisotopic (exact) mass is 265 g/mol. The minimum atomic E-state index is 0.0734. The van der Waals surface area contributed by atoms with Gasteiger partial charge in [0.15, 0.2) is 0 Å². The van der Waals surface area contributed by atoms with Crippen molar-refractivity contribution in [1.29, 1.82) is 0 Å². The summed E-state index contributed by atoms with van der Waals surface area (Å²) < 4.78 is 2.07. The number of aromatic nitrogens is 2. The van der Waals surface area contributed by atoms with Gasteiger partial charge in [-0.3, -0.25) is 4.40 Å². The van der Waals surface area contributed by atoms with Crippen LogP contribution in [0.2, 0.25) is 0 Å². The molecule has 3 rings (SSSR count). The van der Waals surface area contributed by atoms with Crippen LogP contribution in [-0.2, 0) is 5.41 Å². The van der Waals surface area contributed by atoms with Crippen molar-refractivity contribution < 1.29 is 0 Å². The lowest BCUT2D eigenvalue weighted by Gasteiger charge is -2.26. The van der Waals surface area contributed by atoms with E-state index in [1.807, 2.05) is 24.5 Å². The van der Waals surface area contributed by atoms with Gasteiger partial charge in [0.05, 0.1) is 0 Å². The summed E-state index contributed by atoms with van der Waals surface area (Å²) in [6.45, 7) is 5.38. The van der Waals surface area contributed by atoms with E-state index in [4.69, 9.17) is 0 Å². The summed E-state index contributed by atoms with van der Waals surface area (Å²) >= 11 is 0. The number of hydrogen-bond acceptors (Lipinski definition) is 2. The highest BCUT2D eigenvalue weighted by Gasteiger charge is 2.20. The molecule has 0 fully saturated rings. The third kappa shape index (κ3) is 2.39. The maximum atomic E-state index is 4.30. The third-order valence-corrected chi connectivity index (χ3v) is 3.70. The number of pyridine rings is 1. The molecule has 0 bridgehead atoms. The van der Waals surface area contributed by atoms with Gasteiger partial charge in [0.2, 0.25) is 0 Å². The zero-order valence-electron chi connectivity index (χ0n) is 11.9. The summed E-state index contributed by atoms with van der Waals surface area (Å²) in [6, 6.07) is 16.7. The molecule has 0 aliphatic heterocycles. The Balaban J connectivity index is 1.81. The van der Waals surface area contributed by atoms with E-state index in [0.29, 0.717) is 0 Å². The molecule has 0 amide bonds. The van der Waals surface area contributed by atoms with Crippen molar-refractivity contribution in [2.75, 3.05) is 11.9 Å². The van der Waals surface area contributed by atoms with Gasteiger partial charge >= 0.3 is 0 Å². The van der Waals surface area contributed by atoms with Gasteiger partial charge in [-0.05, 0) is 17.7 Å². The van der Waals surface area contributed by atoms with Crippen molar-refractivity contribution in [2.45, 2.75) is 19.3 Å². The number of rotatable bonds is 4. The molecule has 2 aromatic heterocycles. The zero-order chi connectivity index (χ0) is 14.0. The van der Waals surface area contributed by atoms with Crippen molar-refractivity contribution >= 4 is 11.5 Å². The first-order chi connectivity index (χ1) is 9.67. The summed E-state index contributed by atoms with van der Waals surface area (Å²) in [4.78, 5) is 4.30. The molecule has 0 aliphatic carbocycles. The third-order valence-electron chi connectivity index (χ3n) is 3.70. The van der Waals surface area contributed by atoms with E-state index in [2.05, 4.69) is 64.9 Å². The fourth-order valence-electron chi connectivity index (χ4n) is 2.39. The van der Waals surface area contributed by atoms with Gasteiger partial charge in [0.25, 0.3) is 0 Å². The highest BCUT2D eigenvalue weighted by Crippen LogP contribution is 2.23. The standard InChI is InChI=1S/C17H19N3/c1-17(2,14-7-4-3-5-8-14)13-19-16-10-6-9-15-18-11-12-20(15)16/h3-12,19H,13H2,1-2H3. The number of hydrogen-bond donors (Lipinski definition) is 1. The maximum absolute atomic E-state index is 4.30. The topological polar surface area (TPSA) is 29.3 Å². The van der Waals surface area contributed by atoms with E-state index in [-0.39, 0.29) is 5.41 Å². The minimum Gasteiger partial charge on any atom is -0.370 e. The first-order valence-electron chi connectivity index (χ1n) is 6.88. The van der Waals surface area contributed by atoms with E-state index in [1.165, 1.54) is 5.56 Å². The minimum absolute atomic E-state index is 0.0734. The second-order valence-electron chi connectivity index (χ2n) is 5.67. The summed E-state index contributed by atoms with van der Waals surface area (Å²) in [6.07, 6.45) is 3.80. The molecule has 1 N–H and O–H groups in total. The first kappa shape index (κ1) is 12.7. The SMILES string of the molecule is CC(C)(CNc1cccc2nccn12)c1ccccc1. The molecule has 20 heavy (non-hydrogen) atoms. The first-order valence-corrected chi connectivity index (χ1v) is 6.88. The molecule has 0 spiro atoms. The van der Waals surface area contributed by atoms with Crippen LogP contribution < -0.4 is 5.32 Å². The molecule has 102 valence electrons. The van der Waals surface area contributed by atoms with Gasteiger partial charge in [0.1, 0.15) is 11.5 Å². The fourth-order valence-corrected chi connectivity index (χ4v) is 2.39. The number of nitrogens with one attached hydrogen (secondary N) is 1. The number of benzene rings is 1. The van der Waals surface area contributed by atoms with Crippen LogP contribution in [0.3, 0.4) is 0 Å². The number of imidazole rings is 1. The van der Waals surface area contributed by atoms with Crippen LogP contribution in [0.15, 0.2) is 60.9 Å². The van der Waals surface area contributed by atoms with Crippen molar-refractivity contribution in [3.05, 3.63) is 66.5 Å². The Hall–Kier alpha value is -2.29. The molecule has 1 aromatic carbocycles. The average molecular weight is 265 g/mol. The summed E-state index contributed by atoms with van der Waals surface area (Å²) in [5.74, 6) is 1.07.